The number of aromatic nitrogens is 1. The van der Waals surface area contributed by atoms with E-state index in [9.17, 15) is 4.79 Å². The van der Waals surface area contributed by atoms with Gasteiger partial charge in [0.15, 0.2) is 0 Å². The van der Waals surface area contributed by atoms with Crippen LogP contribution >= 0.6 is 11.6 Å². The molecule has 3 heterocycles. The highest BCUT2D eigenvalue weighted by atomic mass is 35.5. The third kappa shape index (κ3) is 3.23. The molecular weight excluding hydrogens is 376 g/mol. The second-order valence-corrected chi connectivity index (χ2v) is 8.78. The molecule has 1 aromatic carbocycles. The van der Waals surface area contributed by atoms with Gasteiger partial charge >= 0.3 is 0 Å². The van der Waals surface area contributed by atoms with Gasteiger partial charge in [0.1, 0.15) is 0 Å². The highest BCUT2D eigenvalue weighted by Crippen LogP contribution is 2.51. The van der Waals surface area contributed by atoms with Gasteiger partial charge in [0, 0.05) is 44.4 Å². The standard InChI is InChI=1S/C21H25ClN4O2/c22-18-6-14(20-13(19(18)23)2-1-4-24-20)21(27)25-7-15-16-9-26(10-17(15)16)8-12-3-5-28-11-12/h1-2,4,6,12,15-17H,3,5,7-11,23H2,(H,25,27). The Morgan fingerprint density at radius 2 is 2.21 bits per heavy atom. The van der Waals surface area contributed by atoms with Crippen LogP contribution in [0.1, 0.15) is 16.8 Å². The van der Waals surface area contributed by atoms with Crippen molar-refractivity contribution < 1.29 is 9.53 Å². The molecule has 3 fully saturated rings. The second-order valence-electron chi connectivity index (χ2n) is 8.37. The highest BCUT2D eigenvalue weighted by Gasteiger charge is 2.55. The van der Waals surface area contributed by atoms with Crippen LogP contribution in [0.15, 0.2) is 24.4 Å². The average molecular weight is 401 g/mol. The third-order valence-electron chi connectivity index (χ3n) is 6.61. The molecule has 148 valence electrons. The summed E-state index contributed by atoms with van der Waals surface area (Å²) in [5.74, 6) is 2.59. The van der Waals surface area contributed by atoms with Gasteiger partial charge in [0.05, 0.1) is 28.4 Å². The van der Waals surface area contributed by atoms with Gasteiger partial charge in [-0.3, -0.25) is 9.78 Å². The van der Waals surface area contributed by atoms with Crippen LogP contribution in [0, 0.1) is 23.7 Å². The molecule has 0 bridgehead atoms. The predicted molar refractivity (Wildman–Crippen MR) is 109 cm³/mol. The van der Waals surface area contributed by atoms with Crippen LogP contribution in [0.4, 0.5) is 5.69 Å². The zero-order valence-electron chi connectivity index (χ0n) is 15.7. The Labute approximate surface area is 169 Å². The summed E-state index contributed by atoms with van der Waals surface area (Å²) in [6, 6.07) is 5.27. The molecule has 6 nitrogen and oxygen atoms in total. The van der Waals surface area contributed by atoms with Crippen molar-refractivity contribution in [3.63, 3.8) is 0 Å². The minimum atomic E-state index is -0.129. The number of carbonyl (C=O) groups excluding carboxylic acids is 1. The number of ether oxygens (including phenoxy) is 1. The number of pyridine rings is 1. The Kier molecular flexibility index (Phi) is 4.65. The van der Waals surface area contributed by atoms with Crippen molar-refractivity contribution in [1.29, 1.82) is 0 Å². The summed E-state index contributed by atoms with van der Waals surface area (Å²) < 4.78 is 5.48. The SMILES string of the molecule is Nc1c(Cl)cc(C(=O)NCC2C3CN(CC4CCOC4)CC23)c2ncccc12. The number of rotatable bonds is 5. The fraction of sp³-hybridized carbons (Fsp3) is 0.524. The van der Waals surface area contributed by atoms with Gasteiger partial charge in [-0.25, -0.2) is 0 Å². The lowest BCUT2D eigenvalue weighted by molar-refractivity contribution is 0.0950. The van der Waals surface area contributed by atoms with E-state index in [0.29, 0.717) is 52.0 Å². The van der Waals surface area contributed by atoms with Crippen LogP contribution in [0.2, 0.25) is 5.02 Å². The number of benzene rings is 1. The third-order valence-corrected chi connectivity index (χ3v) is 6.92. The Morgan fingerprint density at radius 1 is 1.39 bits per heavy atom. The summed E-state index contributed by atoms with van der Waals surface area (Å²) in [6.07, 6.45) is 2.86. The van der Waals surface area contributed by atoms with Crippen LogP contribution < -0.4 is 11.1 Å². The van der Waals surface area contributed by atoms with Gasteiger partial charge < -0.3 is 20.7 Å². The van der Waals surface area contributed by atoms with E-state index in [4.69, 9.17) is 22.1 Å². The molecule has 0 radical (unpaired) electrons. The first-order chi connectivity index (χ1) is 13.6. The molecule has 3 atom stereocenters. The lowest BCUT2D eigenvalue weighted by Crippen LogP contribution is -2.33. The van der Waals surface area contributed by atoms with Gasteiger partial charge in [-0.05, 0) is 48.3 Å². The number of hydrogen-bond acceptors (Lipinski definition) is 5. The monoisotopic (exact) mass is 400 g/mol. The van der Waals surface area contributed by atoms with E-state index in [0.717, 1.165) is 38.2 Å². The molecule has 5 rings (SSSR count). The number of nitrogens with zero attached hydrogens (tertiary/aromatic N) is 2. The zero-order chi connectivity index (χ0) is 19.3. The first-order valence-electron chi connectivity index (χ1n) is 10.0. The summed E-state index contributed by atoms with van der Waals surface area (Å²) in [6.45, 7) is 6.01. The van der Waals surface area contributed by atoms with Crippen LogP contribution in [0.3, 0.4) is 0 Å². The summed E-state index contributed by atoms with van der Waals surface area (Å²) in [4.78, 5) is 19.7. The van der Waals surface area contributed by atoms with E-state index in [1.807, 2.05) is 6.07 Å². The van der Waals surface area contributed by atoms with Crippen LogP contribution in [0.5, 0.6) is 0 Å². The maximum absolute atomic E-state index is 12.8. The fourth-order valence-corrected chi connectivity index (χ4v) is 5.21. The number of fused-ring (bicyclic) bond motifs is 2. The van der Waals surface area contributed by atoms with Crippen molar-refractivity contribution in [3.8, 4) is 0 Å². The van der Waals surface area contributed by atoms with Crippen LogP contribution in [0.25, 0.3) is 10.9 Å². The summed E-state index contributed by atoms with van der Waals surface area (Å²) >= 11 is 6.23. The number of piperidine rings is 1. The van der Waals surface area contributed by atoms with Gasteiger partial charge in [-0.1, -0.05) is 11.6 Å². The molecule has 2 aromatic rings. The Morgan fingerprint density at radius 3 is 2.96 bits per heavy atom. The smallest absolute Gasteiger partial charge is 0.253 e. The number of nitrogen functional groups attached to an aromatic ring is 1. The zero-order valence-corrected chi connectivity index (χ0v) is 16.5. The number of likely N-dealkylation sites (tertiary alicyclic amines) is 1. The first-order valence-corrected chi connectivity index (χ1v) is 10.4. The van der Waals surface area contributed by atoms with Gasteiger partial charge in [0.25, 0.3) is 5.91 Å². The van der Waals surface area contributed by atoms with Crippen LogP contribution in [-0.2, 0) is 4.74 Å². The number of anilines is 1. The molecule has 3 N–H and O–H groups in total. The normalized spacial score (nSPS) is 29.2. The molecule has 1 amide bonds. The molecule has 1 aromatic heterocycles. The molecule has 28 heavy (non-hydrogen) atoms. The first kappa shape index (κ1) is 18.2. The molecule has 1 saturated carbocycles. The van der Waals surface area contributed by atoms with Gasteiger partial charge in [-0.15, -0.1) is 0 Å². The molecule has 3 aliphatic rings. The van der Waals surface area contributed by atoms with Gasteiger partial charge in [-0.2, -0.15) is 0 Å². The highest BCUT2D eigenvalue weighted by molar-refractivity contribution is 6.35. The minimum Gasteiger partial charge on any atom is -0.397 e. The molecule has 1 aliphatic carbocycles. The van der Waals surface area contributed by atoms with E-state index in [2.05, 4.69) is 15.2 Å². The topological polar surface area (TPSA) is 80.5 Å². The number of halogens is 1. The van der Waals surface area contributed by atoms with Crippen molar-refractivity contribution in [2.45, 2.75) is 6.42 Å². The average Bonchev–Trinajstić information content (AvgIpc) is 3.08. The molecule has 7 heteroatoms. The quantitative estimate of drug-likeness (QED) is 0.753. The fourth-order valence-electron chi connectivity index (χ4n) is 5.00. The Bertz CT molecular complexity index is 903. The maximum Gasteiger partial charge on any atom is 0.253 e. The summed E-state index contributed by atoms with van der Waals surface area (Å²) in [5, 5.41) is 4.21. The number of nitrogens with one attached hydrogen (secondary N) is 1. The van der Waals surface area contributed by atoms with Crippen molar-refractivity contribution in [2.75, 3.05) is 45.1 Å². The van der Waals surface area contributed by atoms with Crippen molar-refractivity contribution in [2.24, 2.45) is 23.7 Å². The van der Waals surface area contributed by atoms with Crippen molar-refractivity contribution in [3.05, 3.63) is 35.0 Å². The molecule has 2 aliphatic heterocycles. The van der Waals surface area contributed by atoms with Gasteiger partial charge in [0.2, 0.25) is 0 Å². The molecule has 0 spiro atoms. The number of amides is 1. The van der Waals surface area contributed by atoms with E-state index < -0.39 is 0 Å². The molecule has 2 saturated heterocycles. The lowest BCUT2D eigenvalue weighted by Gasteiger charge is -2.22. The van der Waals surface area contributed by atoms with Crippen LogP contribution in [-0.4, -0.2) is 55.2 Å². The molecule has 3 unspecified atom stereocenters. The van der Waals surface area contributed by atoms with Crippen molar-refractivity contribution >= 4 is 34.1 Å². The maximum atomic E-state index is 12.8. The summed E-state index contributed by atoms with van der Waals surface area (Å²) in [7, 11) is 0. The Hall–Kier alpha value is -1.89. The predicted octanol–water partition coefficient (Wildman–Crippen LogP) is 2.41. The number of hydrogen-bond donors (Lipinski definition) is 2. The largest absolute Gasteiger partial charge is 0.397 e. The van der Waals surface area contributed by atoms with E-state index >= 15 is 0 Å². The van der Waals surface area contributed by atoms with E-state index in [-0.39, 0.29) is 5.91 Å². The molecular formula is C21H25ClN4O2. The summed E-state index contributed by atoms with van der Waals surface area (Å²) in [5.41, 5.74) is 7.59. The number of carbonyl (C=O) groups is 1. The lowest BCUT2D eigenvalue weighted by atomic mass is 10.1. The van der Waals surface area contributed by atoms with E-state index in [1.165, 1.54) is 6.42 Å². The van der Waals surface area contributed by atoms with Crippen molar-refractivity contribution in [1.82, 2.24) is 15.2 Å². The number of nitrogens with two attached hydrogens (primary N) is 1. The Balaban J connectivity index is 1.19. The minimum absolute atomic E-state index is 0.129. The second kappa shape index (κ2) is 7.17. The van der Waals surface area contributed by atoms with E-state index in [1.54, 1.807) is 18.3 Å².